The summed E-state index contributed by atoms with van der Waals surface area (Å²) in [5.74, 6) is 0.593. The molecule has 0 N–H and O–H groups in total. The standard InChI is InChI=1S/C22H22FNO3/c1-4-26-20(25)13-19-21(16-7-5-15(6-8-16)14(2)3)27-22(24-19)17-9-11-18(23)12-10-17/h5-12,14H,4,13H2,1-3H3. The third kappa shape index (κ3) is 4.42. The van der Waals surface area contributed by atoms with Gasteiger partial charge in [-0.05, 0) is 42.7 Å². The van der Waals surface area contributed by atoms with Crippen molar-refractivity contribution in [1.29, 1.82) is 0 Å². The fourth-order valence-corrected chi connectivity index (χ4v) is 2.78. The van der Waals surface area contributed by atoms with Gasteiger partial charge in [0.15, 0.2) is 5.76 Å². The van der Waals surface area contributed by atoms with Crippen molar-refractivity contribution in [2.24, 2.45) is 0 Å². The highest BCUT2D eigenvalue weighted by molar-refractivity contribution is 5.76. The maximum atomic E-state index is 13.2. The lowest BCUT2D eigenvalue weighted by Gasteiger charge is -2.06. The second-order valence-corrected chi connectivity index (χ2v) is 6.56. The Morgan fingerprint density at radius 3 is 2.30 bits per heavy atom. The minimum Gasteiger partial charge on any atom is -0.466 e. The molecule has 0 saturated heterocycles. The maximum absolute atomic E-state index is 13.2. The first kappa shape index (κ1) is 18.8. The van der Waals surface area contributed by atoms with Crippen LogP contribution in [0.4, 0.5) is 4.39 Å². The van der Waals surface area contributed by atoms with Crippen LogP contribution in [0.25, 0.3) is 22.8 Å². The van der Waals surface area contributed by atoms with Crippen LogP contribution in [0, 0.1) is 5.82 Å². The molecule has 140 valence electrons. The van der Waals surface area contributed by atoms with E-state index in [2.05, 4.69) is 18.8 Å². The Kier molecular flexibility index (Phi) is 5.69. The van der Waals surface area contributed by atoms with Gasteiger partial charge in [0.2, 0.25) is 5.89 Å². The molecule has 0 aliphatic carbocycles. The van der Waals surface area contributed by atoms with Gasteiger partial charge in [0.05, 0.1) is 18.7 Å². The third-order valence-electron chi connectivity index (χ3n) is 4.25. The van der Waals surface area contributed by atoms with E-state index in [-0.39, 0.29) is 18.2 Å². The van der Waals surface area contributed by atoms with E-state index < -0.39 is 0 Å². The summed E-state index contributed by atoms with van der Waals surface area (Å²) in [6.07, 6.45) is 0.0137. The number of rotatable bonds is 6. The molecule has 0 atom stereocenters. The Morgan fingerprint density at radius 1 is 1.07 bits per heavy atom. The molecule has 0 radical (unpaired) electrons. The molecule has 27 heavy (non-hydrogen) atoms. The number of carbonyl (C=O) groups is 1. The lowest BCUT2D eigenvalue weighted by molar-refractivity contribution is -0.142. The molecule has 1 aromatic heterocycles. The third-order valence-corrected chi connectivity index (χ3v) is 4.25. The predicted octanol–water partition coefficient (Wildman–Crippen LogP) is 5.38. The first-order chi connectivity index (χ1) is 13.0. The number of carbonyl (C=O) groups excluding carboxylic acids is 1. The largest absolute Gasteiger partial charge is 0.466 e. The Bertz CT molecular complexity index is 912. The average Bonchev–Trinajstić information content (AvgIpc) is 3.06. The van der Waals surface area contributed by atoms with Crippen LogP contribution in [0.5, 0.6) is 0 Å². The average molecular weight is 367 g/mol. The zero-order chi connectivity index (χ0) is 19.4. The Hall–Kier alpha value is -2.95. The molecule has 0 saturated carbocycles. The number of benzene rings is 2. The van der Waals surface area contributed by atoms with Crippen molar-refractivity contribution in [3.05, 3.63) is 65.6 Å². The van der Waals surface area contributed by atoms with Crippen LogP contribution >= 0.6 is 0 Å². The van der Waals surface area contributed by atoms with Crippen LogP contribution in [-0.2, 0) is 16.0 Å². The number of hydrogen-bond donors (Lipinski definition) is 0. The molecule has 0 bridgehead atoms. The molecule has 2 aromatic carbocycles. The Morgan fingerprint density at radius 2 is 1.70 bits per heavy atom. The van der Waals surface area contributed by atoms with Gasteiger partial charge in [-0.1, -0.05) is 38.1 Å². The van der Waals surface area contributed by atoms with Crippen LogP contribution in [0.15, 0.2) is 52.9 Å². The van der Waals surface area contributed by atoms with Crippen molar-refractivity contribution in [2.45, 2.75) is 33.1 Å². The number of oxazole rings is 1. The second kappa shape index (κ2) is 8.16. The Labute approximate surface area is 158 Å². The molecule has 3 aromatic rings. The summed E-state index contributed by atoms with van der Waals surface area (Å²) < 4.78 is 24.2. The highest BCUT2D eigenvalue weighted by Gasteiger charge is 2.19. The van der Waals surface area contributed by atoms with Crippen LogP contribution in [0.1, 0.15) is 37.9 Å². The quantitative estimate of drug-likeness (QED) is 0.549. The molecule has 5 heteroatoms. The molecule has 0 fully saturated rings. The maximum Gasteiger partial charge on any atom is 0.312 e. The first-order valence-corrected chi connectivity index (χ1v) is 8.99. The van der Waals surface area contributed by atoms with Gasteiger partial charge in [-0.25, -0.2) is 9.37 Å². The van der Waals surface area contributed by atoms with E-state index in [1.807, 2.05) is 24.3 Å². The minimum absolute atomic E-state index is 0.0137. The van der Waals surface area contributed by atoms with Gasteiger partial charge in [-0.2, -0.15) is 0 Å². The van der Waals surface area contributed by atoms with Crippen LogP contribution in [0.2, 0.25) is 0 Å². The summed E-state index contributed by atoms with van der Waals surface area (Å²) in [5, 5.41) is 0. The van der Waals surface area contributed by atoms with E-state index in [1.54, 1.807) is 19.1 Å². The zero-order valence-electron chi connectivity index (χ0n) is 15.7. The summed E-state index contributed by atoms with van der Waals surface area (Å²) in [7, 11) is 0. The van der Waals surface area contributed by atoms with Gasteiger partial charge in [-0.15, -0.1) is 0 Å². The lowest BCUT2D eigenvalue weighted by Crippen LogP contribution is -2.08. The summed E-state index contributed by atoms with van der Waals surface area (Å²) in [6.45, 7) is 6.32. The molecule has 0 unspecified atom stereocenters. The van der Waals surface area contributed by atoms with E-state index >= 15 is 0 Å². The second-order valence-electron chi connectivity index (χ2n) is 6.56. The van der Waals surface area contributed by atoms with Crippen molar-refractivity contribution in [3.8, 4) is 22.8 Å². The van der Waals surface area contributed by atoms with Crippen molar-refractivity contribution in [2.75, 3.05) is 6.61 Å². The number of hydrogen-bond acceptors (Lipinski definition) is 4. The van der Waals surface area contributed by atoms with Crippen molar-refractivity contribution in [1.82, 2.24) is 4.98 Å². The molecule has 0 spiro atoms. The van der Waals surface area contributed by atoms with E-state index in [0.717, 1.165) is 5.56 Å². The van der Waals surface area contributed by atoms with E-state index in [9.17, 15) is 9.18 Å². The predicted molar refractivity (Wildman–Crippen MR) is 102 cm³/mol. The van der Waals surface area contributed by atoms with Gasteiger partial charge >= 0.3 is 5.97 Å². The van der Waals surface area contributed by atoms with Crippen molar-refractivity contribution >= 4 is 5.97 Å². The van der Waals surface area contributed by atoms with Crippen LogP contribution < -0.4 is 0 Å². The fraction of sp³-hybridized carbons (Fsp3) is 0.273. The van der Waals surface area contributed by atoms with E-state index in [4.69, 9.17) is 9.15 Å². The molecule has 3 rings (SSSR count). The highest BCUT2D eigenvalue weighted by Crippen LogP contribution is 2.31. The van der Waals surface area contributed by atoms with Crippen LogP contribution in [-0.4, -0.2) is 17.6 Å². The van der Waals surface area contributed by atoms with E-state index in [1.165, 1.54) is 17.7 Å². The summed E-state index contributed by atoms with van der Waals surface area (Å²) in [4.78, 5) is 16.5. The van der Waals surface area contributed by atoms with Gasteiger partial charge < -0.3 is 9.15 Å². The minimum atomic E-state index is -0.364. The summed E-state index contributed by atoms with van der Waals surface area (Å²) in [5.41, 5.74) is 3.19. The lowest BCUT2D eigenvalue weighted by atomic mass is 10.0. The monoisotopic (exact) mass is 367 g/mol. The molecule has 0 aliphatic heterocycles. The molecule has 1 heterocycles. The highest BCUT2D eigenvalue weighted by atomic mass is 19.1. The first-order valence-electron chi connectivity index (χ1n) is 8.99. The number of nitrogens with zero attached hydrogens (tertiary/aromatic N) is 1. The molecular weight excluding hydrogens is 345 g/mol. The SMILES string of the molecule is CCOC(=O)Cc1nc(-c2ccc(F)cc2)oc1-c1ccc(C(C)C)cc1. The normalized spacial score (nSPS) is 11.0. The summed E-state index contributed by atoms with van der Waals surface area (Å²) in [6, 6.07) is 13.9. The topological polar surface area (TPSA) is 52.3 Å². The van der Waals surface area contributed by atoms with Crippen LogP contribution in [0.3, 0.4) is 0 Å². The van der Waals surface area contributed by atoms with Crippen molar-refractivity contribution in [3.63, 3.8) is 0 Å². The summed E-state index contributed by atoms with van der Waals surface area (Å²) >= 11 is 0. The zero-order valence-corrected chi connectivity index (χ0v) is 15.7. The smallest absolute Gasteiger partial charge is 0.312 e. The molecule has 4 nitrogen and oxygen atoms in total. The van der Waals surface area contributed by atoms with Crippen molar-refractivity contribution < 1.29 is 18.3 Å². The molecule has 0 aliphatic rings. The molecular formula is C22H22FNO3. The number of aromatic nitrogens is 1. The molecule has 0 amide bonds. The Balaban J connectivity index is 2.01. The number of halogens is 1. The van der Waals surface area contributed by atoms with Gasteiger partial charge in [0.25, 0.3) is 0 Å². The fourth-order valence-electron chi connectivity index (χ4n) is 2.78. The van der Waals surface area contributed by atoms with Gasteiger partial charge in [0, 0.05) is 11.1 Å². The van der Waals surface area contributed by atoms with Gasteiger partial charge in [-0.3, -0.25) is 4.79 Å². The number of ether oxygens (including phenoxy) is 1. The van der Waals surface area contributed by atoms with E-state index in [0.29, 0.717) is 35.4 Å². The van der Waals surface area contributed by atoms with Gasteiger partial charge in [0.1, 0.15) is 5.82 Å². The number of esters is 1.